The predicted molar refractivity (Wildman–Crippen MR) is 113 cm³/mol. The van der Waals surface area contributed by atoms with Gasteiger partial charge in [-0.3, -0.25) is 4.72 Å². The van der Waals surface area contributed by atoms with Crippen LogP contribution >= 0.6 is 34.5 Å². The van der Waals surface area contributed by atoms with Crippen LogP contribution in [0.4, 0.5) is 11.6 Å². The van der Waals surface area contributed by atoms with Crippen LogP contribution in [0.5, 0.6) is 0 Å². The molecule has 3 aromatic rings. The Morgan fingerprint density at radius 1 is 1.25 bits per heavy atom. The number of nitrogens with two attached hydrogens (primary N) is 1. The molecule has 2 aromatic heterocycles. The van der Waals surface area contributed by atoms with Crippen molar-refractivity contribution in [1.29, 1.82) is 0 Å². The number of hydrogen-bond acceptors (Lipinski definition) is 7. The first-order valence-corrected chi connectivity index (χ1v) is 11.7. The molecule has 0 spiro atoms. The van der Waals surface area contributed by atoms with E-state index in [9.17, 15) is 8.42 Å². The van der Waals surface area contributed by atoms with Gasteiger partial charge in [-0.2, -0.15) is 0 Å². The van der Waals surface area contributed by atoms with Gasteiger partial charge in [-0.1, -0.05) is 23.2 Å². The summed E-state index contributed by atoms with van der Waals surface area (Å²) in [6, 6.07) is 4.88. The number of nitrogens with zero attached hydrogens (tertiary/aromatic N) is 3. The maximum atomic E-state index is 11.7. The number of thiazole rings is 1. The number of halogens is 2. The molecule has 0 bridgehead atoms. The van der Waals surface area contributed by atoms with Gasteiger partial charge in [-0.05, 0) is 31.0 Å². The minimum atomic E-state index is -3.53. The van der Waals surface area contributed by atoms with Crippen LogP contribution in [0.15, 0.2) is 24.4 Å². The summed E-state index contributed by atoms with van der Waals surface area (Å²) in [4.78, 5) is 13.8. The summed E-state index contributed by atoms with van der Waals surface area (Å²) in [6.07, 6.45) is 4.80. The number of hydrogen-bond donors (Lipinski definition) is 2. The summed E-state index contributed by atoms with van der Waals surface area (Å²) < 4.78 is 25.8. The molecule has 7 nitrogen and oxygen atoms in total. The lowest BCUT2D eigenvalue weighted by atomic mass is 10.1. The van der Waals surface area contributed by atoms with E-state index in [1.165, 1.54) is 17.4 Å². The quantitative estimate of drug-likeness (QED) is 0.589. The number of benzene rings is 1. The largest absolute Gasteiger partial charge is 0.368 e. The van der Waals surface area contributed by atoms with Crippen molar-refractivity contribution in [3.63, 3.8) is 0 Å². The normalized spacial score (nSPS) is 14.2. The van der Waals surface area contributed by atoms with Crippen molar-refractivity contribution in [2.75, 3.05) is 16.7 Å². The fraction of sp³-hybridized carbons (Fsp3) is 0.235. The van der Waals surface area contributed by atoms with Gasteiger partial charge < -0.3 is 5.73 Å². The molecule has 0 atom stereocenters. The van der Waals surface area contributed by atoms with Crippen LogP contribution in [0.1, 0.15) is 23.8 Å². The van der Waals surface area contributed by atoms with E-state index in [0.717, 1.165) is 29.0 Å². The molecule has 11 heteroatoms. The van der Waals surface area contributed by atoms with Crippen LogP contribution in [0.2, 0.25) is 10.0 Å². The first-order chi connectivity index (χ1) is 13.2. The van der Waals surface area contributed by atoms with Gasteiger partial charge >= 0.3 is 0 Å². The Morgan fingerprint density at radius 3 is 2.64 bits per heavy atom. The smallest absolute Gasteiger partial charge is 0.229 e. The highest BCUT2D eigenvalue weighted by Crippen LogP contribution is 2.48. The van der Waals surface area contributed by atoms with Gasteiger partial charge in [-0.15, -0.1) is 11.3 Å². The molecule has 146 valence electrons. The van der Waals surface area contributed by atoms with E-state index < -0.39 is 10.0 Å². The number of rotatable bonds is 5. The highest BCUT2D eigenvalue weighted by Gasteiger charge is 2.30. The SMILES string of the molecule is CS(=O)(=O)Nc1cc(Cl)cc(-c2nc(C3CC3)sc2-c2ccnc(N)n2)c1Cl. The Morgan fingerprint density at radius 2 is 2.00 bits per heavy atom. The fourth-order valence-corrected chi connectivity index (χ4v) is 5.03. The second-order valence-corrected chi connectivity index (χ2v) is 10.1. The van der Waals surface area contributed by atoms with E-state index in [-0.39, 0.29) is 16.7 Å². The van der Waals surface area contributed by atoms with Gasteiger partial charge in [0.05, 0.1) is 38.2 Å². The fourth-order valence-electron chi connectivity index (χ4n) is 2.73. The van der Waals surface area contributed by atoms with Crippen molar-refractivity contribution in [2.24, 2.45) is 0 Å². The van der Waals surface area contributed by atoms with Crippen molar-refractivity contribution in [3.05, 3.63) is 39.4 Å². The zero-order valence-electron chi connectivity index (χ0n) is 14.6. The molecule has 4 rings (SSSR count). The summed E-state index contributed by atoms with van der Waals surface area (Å²) in [7, 11) is -3.53. The van der Waals surface area contributed by atoms with Crippen LogP contribution < -0.4 is 10.5 Å². The zero-order valence-corrected chi connectivity index (χ0v) is 17.8. The lowest BCUT2D eigenvalue weighted by Gasteiger charge is -2.12. The monoisotopic (exact) mass is 455 g/mol. The minimum Gasteiger partial charge on any atom is -0.368 e. The Bertz CT molecular complexity index is 1180. The Kier molecular flexibility index (Phi) is 4.95. The number of aromatic nitrogens is 3. The second-order valence-electron chi connectivity index (χ2n) is 6.49. The van der Waals surface area contributed by atoms with Crippen LogP contribution in [0.25, 0.3) is 21.8 Å². The summed E-state index contributed by atoms with van der Waals surface area (Å²) in [5.41, 5.74) is 7.69. The number of nitrogens with one attached hydrogen (secondary N) is 1. The van der Waals surface area contributed by atoms with Gasteiger partial charge in [0.1, 0.15) is 0 Å². The highest BCUT2D eigenvalue weighted by atomic mass is 35.5. The third-order valence-corrected chi connectivity index (χ3v) is 6.52. The molecule has 0 radical (unpaired) electrons. The van der Waals surface area contributed by atoms with E-state index in [1.807, 2.05) is 0 Å². The van der Waals surface area contributed by atoms with Crippen LogP contribution in [0.3, 0.4) is 0 Å². The average Bonchev–Trinajstić information content (AvgIpc) is 3.35. The molecule has 0 saturated heterocycles. The molecule has 1 aromatic carbocycles. The van der Waals surface area contributed by atoms with Crippen molar-refractivity contribution >= 4 is 56.2 Å². The number of nitrogen functional groups attached to an aromatic ring is 1. The summed E-state index contributed by atoms with van der Waals surface area (Å²) in [5.74, 6) is 0.574. The average molecular weight is 456 g/mol. The van der Waals surface area contributed by atoms with Crippen LogP contribution in [-0.2, 0) is 10.0 Å². The van der Waals surface area contributed by atoms with Crippen molar-refractivity contribution in [2.45, 2.75) is 18.8 Å². The number of sulfonamides is 1. The molecule has 1 fully saturated rings. The van der Waals surface area contributed by atoms with Crippen molar-refractivity contribution in [3.8, 4) is 21.8 Å². The molecule has 0 aliphatic heterocycles. The first kappa shape index (κ1) is 19.4. The topological polar surface area (TPSA) is 111 Å². The maximum absolute atomic E-state index is 11.7. The molecule has 2 heterocycles. The minimum absolute atomic E-state index is 0.154. The standard InChI is InChI=1S/C17H15Cl2N5O2S2/c1-28(25,26)24-12-7-9(18)6-10(13(12)19)14-15(11-4-5-21-17(20)22-11)27-16(23-14)8-2-3-8/h4-8,24H,2-3H2,1H3,(H2,20,21,22). The van der Waals surface area contributed by atoms with Crippen molar-refractivity contribution < 1.29 is 8.42 Å². The molecule has 3 N–H and O–H groups in total. The van der Waals surface area contributed by atoms with E-state index >= 15 is 0 Å². The zero-order chi connectivity index (χ0) is 20.1. The third kappa shape index (κ3) is 4.07. The molecule has 0 amide bonds. The van der Waals surface area contributed by atoms with Gasteiger partial charge in [-0.25, -0.2) is 23.4 Å². The van der Waals surface area contributed by atoms with E-state index in [4.69, 9.17) is 33.9 Å². The predicted octanol–water partition coefficient (Wildman–Crippen LogP) is 4.41. The first-order valence-electron chi connectivity index (χ1n) is 8.28. The summed E-state index contributed by atoms with van der Waals surface area (Å²) in [5, 5.41) is 1.53. The Labute approximate surface area is 176 Å². The van der Waals surface area contributed by atoms with Gasteiger partial charge in [0, 0.05) is 22.7 Å². The molecule has 28 heavy (non-hydrogen) atoms. The van der Waals surface area contributed by atoms with E-state index in [0.29, 0.717) is 27.9 Å². The Hall–Kier alpha value is -1.94. The van der Waals surface area contributed by atoms with Crippen LogP contribution in [-0.4, -0.2) is 29.6 Å². The maximum Gasteiger partial charge on any atom is 0.229 e. The van der Waals surface area contributed by atoms with E-state index in [2.05, 4.69) is 14.7 Å². The van der Waals surface area contributed by atoms with Crippen molar-refractivity contribution in [1.82, 2.24) is 15.0 Å². The summed E-state index contributed by atoms with van der Waals surface area (Å²) >= 11 is 14.3. The summed E-state index contributed by atoms with van der Waals surface area (Å²) in [6.45, 7) is 0. The third-order valence-electron chi connectivity index (χ3n) is 4.07. The lowest BCUT2D eigenvalue weighted by Crippen LogP contribution is -2.10. The second kappa shape index (κ2) is 7.14. The van der Waals surface area contributed by atoms with Gasteiger partial charge in [0.25, 0.3) is 0 Å². The molecule has 1 aliphatic carbocycles. The van der Waals surface area contributed by atoms with Crippen LogP contribution in [0, 0.1) is 0 Å². The highest BCUT2D eigenvalue weighted by molar-refractivity contribution is 7.92. The molecular formula is C17H15Cl2N5O2S2. The van der Waals surface area contributed by atoms with E-state index in [1.54, 1.807) is 18.3 Å². The number of anilines is 2. The lowest BCUT2D eigenvalue weighted by molar-refractivity contribution is 0.607. The Balaban J connectivity index is 1.92. The molecule has 1 aliphatic rings. The van der Waals surface area contributed by atoms with Gasteiger partial charge in [0.15, 0.2) is 0 Å². The molecular weight excluding hydrogens is 441 g/mol. The molecule has 1 saturated carbocycles. The van der Waals surface area contributed by atoms with Gasteiger partial charge in [0.2, 0.25) is 16.0 Å². The molecule has 0 unspecified atom stereocenters.